The van der Waals surface area contributed by atoms with Gasteiger partial charge in [-0.25, -0.2) is 4.39 Å². The Morgan fingerprint density at radius 2 is 1.65 bits per heavy atom. The lowest BCUT2D eigenvalue weighted by Crippen LogP contribution is -2.42. The number of carbonyl (C=O) groups is 2. The number of thiophene rings is 1. The zero-order valence-corrected chi connectivity index (χ0v) is 15.3. The van der Waals surface area contributed by atoms with Crippen LogP contribution in [0.1, 0.15) is 35.2 Å². The first kappa shape index (κ1) is 17.2. The number of nitrogens with zero attached hydrogens (tertiary/aromatic N) is 2. The number of amides is 2. The van der Waals surface area contributed by atoms with Gasteiger partial charge < -0.3 is 9.80 Å². The third kappa shape index (κ3) is 3.14. The second-order valence-electron chi connectivity index (χ2n) is 7.04. The van der Waals surface area contributed by atoms with Gasteiger partial charge in [0.05, 0.1) is 11.0 Å². The first-order chi connectivity index (χ1) is 12.6. The van der Waals surface area contributed by atoms with Crippen molar-refractivity contribution in [3.63, 3.8) is 0 Å². The van der Waals surface area contributed by atoms with Crippen molar-refractivity contribution in [2.45, 2.75) is 24.7 Å². The van der Waals surface area contributed by atoms with Gasteiger partial charge in [-0.1, -0.05) is 12.1 Å². The molecule has 0 radical (unpaired) electrons. The molecule has 4 rings (SSSR count). The number of halogens is 1. The Labute approximate surface area is 156 Å². The summed E-state index contributed by atoms with van der Waals surface area (Å²) >= 11 is 1.51. The lowest BCUT2D eigenvalue weighted by atomic mass is 9.94. The van der Waals surface area contributed by atoms with Gasteiger partial charge in [0.2, 0.25) is 5.91 Å². The average molecular weight is 372 g/mol. The Bertz CT molecular complexity index is 800. The smallest absolute Gasteiger partial charge is 0.254 e. The van der Waals surface area contributed by atoms with Gasteiger partial charge in [-0.05, 0) is 48.4 Å². The lowest BCUT2D eigenvalue weighted by molar-refractivity contribution is -0.133. The van der Waals surface area contributed by atoms with Crippen molar-refractivity contribution in [2.24, 2.45) is 0 Å². The Kier molecular flexibility index (Phi) is 4.53. The molecule has 1 saturated carbocycles. The summed E-state index contributed by atoms with van der Waals surface area (Å²) in [5.41, 5.74) is 1.14. The molecule has 2 fully saturated rings. The lowest BCUT2D eigenvalue weighted by Gasteiger charge is -2.26. The summed E-state index contributed by atoms with van der Waals surface area (Å²) in [7, 11) is 0. The van der Waals surface area contributed by atoms with Crippen LogP contribution in [0.5, 0.6) is 0 Å². The predicted molar refractivity (Wildman–Crippen MR) is 98.7 cm³/mol. The molecular weight excluding hydrogens is 351 g/mol. The molecule has 26 heavy (non-hydrogen) atoms. The molecule has 2 aliphatic rings. The summed E-state index contributed by atoms with van der Waals surface area (Å²) in [6.45, 7) is 2.44. The van der Waals surface area contributed by atoms with Crippen LogP contribution in [0.3, 0.4) is 0 Å². The van der Waals surface area contributed by atoms with Crippen molar-refractivity contribution in [1.29, 1.82) is 0 Å². The molecule has 0 bridgehead atoms. The molecular formula is C20H21FN2O2S. The highest BCUT2D eigenvalue weighted by Crippen LogP contribution is 2.49. The molecule has 136 valence electrons. The van der Waals surface area contributed by atoms with Gasteiger partial charge in [0, 0.05) is 31.6 Å². The van der Waals surface area contributed by atoms with Crippen LogP contribution in [0.4, 0.5) is 4.39 Å². The van der Waals surface area contributed by atoms with Gasteiger partial charge in [-0.2, -0.15) is 11.3 Å². The molecule has 0 unspecified atom stereocenters. The van der Waals surface area contributed by atoms with E-state index in [1.807, 2.05) is 26.6 Å². The SMILES string of the molecule is O=C(c1ccsc1)N1CCCN(C(=O)C2(c3ccc(F)cc3)CC2)CC1. The highest BCUT2D eigenvalue weighted by Gasteiger charge is 2.53. The van der Waals surface area contributed by atoms with Crippen molar-refractivity contribution in [2.75, 3.05) is 26.2 Å². The van der Waals surface area contributed by atoms with Gasteiger partial charge in [-0.15, -0.1) is 0 Å². The van der Waals surface area contributed by atoms with E-state index in [2.05, 4.69) is 0 Å². The van der Waals surface area contributed by atoms with E-state index in [1.165, 1.54) is 23.5 Å². The van der Waals surface area contributed by atoms with Crippen LogP contribution < -0.4 is 0 Å². The number of hydrogen-bond acceptors (Lipinski definition) is 3. The normalized spacial score (nSPS) is 19.1. The van der Waals surface area contributed by atoms with Crippen LogP contribution in [0.25, 0.3) is 0 Å². The van der Waals surface area contributed by atoms with Crippen LogP contribution in [0.2, 0.25) is 0 Å². The topological polar surface area (TPSA) is 40.6 Å². The number of carbonyl (C=O) groups excluding carboxylic acids is 2. The fourth-order valence-electron chi connectivity index (χ4n) is 3.71. The predicted octanol–water partition coefficient (Wildman–Crippen LogP) is 3.29. The van der Waals surface area contributed by atoms with Crippen molar-refractivity contribution >= 4 is 23.2 Å². The highest BCUT2D eigenvalue weighted by atomic mass is 32.1. The molecule has 1 aromatic carbocycles. The Morgan fingerprint density at radius 3 is 2.31 bits per heavy atom. The first-order valence-corrected chi connectivity index (χ1v) is 9.91. The molecule has 2 aromatic rings. The van der Waals surface area contributed by atoms with Crippen LogP contribution in [0.15, 0.2) is 41.1 Å². The Hall–Kier alpha value is -2.21. The third-order valence-electron chi connectivity index (χ3n) is 5.39. The molecule has 1 saturated heterocycles. The van der Waals surface area contributed by atoms with E-state index in [-0.39, 0.29) is 17.6 Å². The maximum atomic E-state index is 13.2. The van der Waals surface area contributed by atoms with E-state index in [9.17, 15) is 14.0 Å². The summed E-state index contributed by atoms with van der Waals surface area (Å²) in [5.74, 6) is -0.122. The van der Waals surface area contributed by atoms with Gasteiger partial charge >= 0.3 is 0 Å². The largest absolute Gasteiger partial charge is 0.340 e. The first-order valence-electron chi connectivity index (χ1n) is 8.97. The summed E-state index contributed by atoms with van der Waals surface area (Å²) in [5, 5.41) is 3.77. The number of rotatable bonds is 3. The average Bonchev–Trinajstić information content (AvgIpc) is 3.35. The van der Waals surface area contributed by atoms with Gasteiger partial charge in [0.15, 0.2) is 0 Å². The summed E-state index contributed by atoms with van der Waals surface area (Å²) in [6.07, 6.45) is 2.40. The van der Waals surface area contributed by atoms with Crippen LogP contribution in [0, 0.1) is 5.82 Å². The standard InChI is InChI=1S/C20H21FN2O2S/c21-17-4-2-16(3-5-17)20(7-8-20)19(25)23-10-1-9-22(11-12-23)18(24)15-6-13-26-14-15/h2-6,13-14H,1,7-12H2. The Balaban J connectivity index is 1.45. The van der Waals surface area contributed by atoms with Gasteiger partial charge in [-0.3, -0.25) is 9.59 Å². The van der Waals surface area contributed by atoms with E-state index >= 15 is 0 Å². The maximum absolute atomic E-state index is 13.2. The van der Waals surface area contributed by atoms with E-state index in [0.29, 0.717) is 26.2 Å². The van der Waals surface area contributed by atoms with E-state index in [4.69, 9.17) is 0 Å². The van der Waals surface area contributed by atoms with Crippen LogP contribution in [-0.4, -0.2) is 47.8 Å². The second kappa shape index (κ2) is 6.83. The fourth-order valence-corrected chi connectivity index (χ4v) is 4.34. The molecule has 4 nitrogen and oxygen atoms in total. The third-order valence-corrected chi connectivity index (χ3v) is 6.08. The molecule has 2 amide bonds. The van der Waals surface area contributed by atoms with E-state index < -0.39 is 5.41 Å². The zero-order valence-electron chi connectivity index (χ0n) is 14.5. The molecule has 1 aliphatic carbocycles. The molecule has 2 heterocycles. The van der Waals surface area contributed by atoms with Gasteiger partial charge in [0.25, 0.3) is 5.91 Å². The zero-order chi connectivity index (χ0) is 18.1. The Morgan fingerprint density at radius 1 is 0.962 bits per heavy atom. The van der Waals surface area contributed by atoms with E-state index in [0.717, 1.165) is 30.4 Å². The van der Waals surface area contributed by atoms with Gasteiger partial charge in [0.1, 0.15) is 5.82 Å². The molecule has 6 heteroatoms. The summed E-state index contributed by atoms with van der Waals surface area (Å²) < 4.78 is 13.2. The van der Waals surface area contributed by atoms with Crippen LogP contribution >= 0.6 is 11.3 Å². The maximum Gasteiger partial charge on any atom is 0.254 e. The summed E-state index contributed by atoms with van der Waals surface area (Å²) in [6, 6.07) is 8.14. The minimum absolute atomic E-state index is 0.0419. The highest BCUT2D eigenvalue weighted by molar-refractivity contribution is 7.08. The molecule has 0 N–H and O–H groups in total. The molecule has 0 spiro atoms. The molecule has 1 aromatic heterocycles. The number of hydrogen-bond donors (Lipinski definition) is 0. The molecule has 1 aliphatic heterocycles. The van der Waals surface area contributed by atoms with E-state index in [1.54, 1.807) is 12.1 Å². The fraction of sp³-hybridized carbons (Fsp3) is 0.400. The van der Waals surface area contributed by atoms with Crippen molar-refractivity contribution in [3.05, 3.63) is 58.0 Å². The number of benzene rings is 1. The van der Waals surface area contributed by atoms with Crippen molar-refractivity contribution < 1.29 is 14.0 Å². The second-order valence-corrected chi connectivity index (χ2v) is 7.82. The van der Waals surface area contributed by atoms with Crippen LogP contribution in [-0.2, 0) is 10.2 Å². The minimum Gasteiger partial charge on any atom is -0.340 e. The monoisotopic (exact) mass is 372 g/mol. The minimum atomic E-state index is -0.486. The van der Waals surface area contributed by atoms with Crippen molar-refractivity contribution in [3.8, 4) is 0 Å². The molecule has 0 atom stereocenters. The summed E-state index contributed by atoms with van der Waals surface area (Å²) in [4.78, 5) is 29.4. The quantitative estimate of drug-likeness (QED) is 0.830. The van der Waals surface area contributed by atoms with Crippen molar-refractivity contribution in [1.82, 2.24) is 9.80 Å².